The Morgan fingerprint density at radius 1 is 1.03 bits per heavy atom. The summed E-state index contributed by atoms with van der Waals surface area (Å²) in [5.74, 6) is -1.04. The Balaban J connectivity index is 1.85. The Morgan fingerprint density at radius 3 is 2.47 bits per heavy atom. The van der Waals surface area contributed by atoms with Gasteiger partial charge in [0.05, 0.1) is 18.7 Å². The number of aromatic nitrogens is 1. The molecule has 1 aliphatic rings. The minimum Gasteiger partial charge on any atom is -0.507 e. The van der Waals surface area contributed by atoms with Crippen molar-refractivity contribution in [3.05, 3.63) is 101 Å². The Bertz CT molecular complexity index is 1110. The molecule has 1 saturated heterocycles. The van der Waals surface area contributed by atoms with Gasteiger partial charge in [0.2, 0.25) is 0 Å². The van der Waals surface area contributed by atoms with E-state index >= 15 is 0 Å². The largest absolute Gasteiger partial charge is 0.507 e. The maximum absolute atomic E-state index is 13.0. The van der Waals surface area contributed by atoms with Crippen molar-refractivity contribution in [1.29, 1.82) is 0 Å². The number of nitrogens with zero attached hydrogens (tertiary/aromatic N) is 2. The number of pyridine rings is 1. The third kappa shape index (κ3) is 3.55. The maximum Gasteiger partial charge on any atom is 0.295 e. The smallest absolute Gasteiger partial charge is 0.295 e. The zero-order chi connectivity index (χ0) is 21.1. The highest BCUT2D eigenvalue weighted by atomic mass is 16.5. The van der Waals surface area contributed by atoms with Crippen LogP contribution >= 0.6 is 0 Å². The van der Waals surface area contributed by atoms with E-state index in [1.54, 1.807) is 48.8 Å². The van der Waals surface area contributed by atoms with E-state index < -0.39 is 17.7 Å². The lowest BCUT2D eigenvalue weighted by Gasteiger charge is -2.25. The zero-order valence-electron chi connectivity index (χ0n) is 16.4. The number of ketones is 1. The van der Waals surface area contributed by atoms with Crippen LogP contribution in [0.2, 0.25) is 0 Å². The second-order valence-corrected chi connectivity index (χ2v) is 6.93. The number of hydrogen-bond acceptors (Lipinski definition) is 5. The van der Waals surface area contributed by atoms with E-state index in [1.807, 2.05) is 30.3 Å². The standard InChI is InChI=1S/C24H20N2O4/c1-30-19-9-5-8-18(14-19)22(27)20-21(17-6-3-2-4-7-17)26(24(29)23(20)28)15-16-10-12-25-13-11-16/h2-14,21,27H,15H2,1H3/b22-20-. The molecule has 0 spiro atoms. The molecule has 0 bridgehead atoms. The van der Waals surface area contributed by atoms with Crippen LogP contribution in [-0.2, 0) is 16.1 Å². The summed E-state index contributed by atoms with van der Waals surface area (Å²) < 4.78 is 5.23. The van der Waals surface area contributed by atoms with Crippen molar-refractivity contribution in [3.8, 4) is 5.75 Å². The monoisotopic (exact) mass is 400 g/mol. The first-order valence-corrected chi connectivity index (χ1v) is 9.47. The first kappa shape index (κ1) is 19.4. The number of ether oxygens (including phenoxy) is 1. The molecule has 6 nitrogen and oxygen atoms in total. The van der Waals surface area contributed by atoms with Gasteiger partial charge in [-0.05, 0) is 35.4 Å². The van der Waals surface area contributed by atoms with Crippen LogP contribution in [0.25, 0.3) is 5.76 Å². The molecule has 6 heteroatoms. The van der Waals surface area contributed by atoms with Gasteiger partial charge in [-0.25, -0.2) is 0 Å². The fourth-order valence-corrected chi connectivity index (χ4v) is 3.64. The predicted molar refractivity (Wildman–Crippen MR) is 112 cm³/mol. The average Bonchev–Trinajstić information content (AvgIpc) is 3.05. The van der Waals surface area contributed by atoms with Crippen molar-refractivity contribution in [2.45, 2.75) is 12.6 Å². The van der Waals surface area contributed by atoms with Gasteiger partial charge >= 0.3 is 0 Å². The van der Waals surface area contributed by atoms with Crippen LogP contribution in [0.4, 0.5) is 0 Å². The average molecular weight is 400 g/mol. The van der Waals surface area contributed by atoms with E-state index in [2.05, 4.69) is 4.98 Å². The number of aliphatic hydroxyl groups is 1. The van der Waals surface area contributed by atoms with Crippen molar-refractivity contribution < 1.29 is 19.4 Å². The number of likely N-dealkylation sites (tertiary alicyclic amines) is 1. The molecule has 0 radical (unpaired) electrons. The van der Waals surface area contributed by atoms with Gasteiger partial charge in [-0.15, -0.1) is 0 Å². The zero-order valence-corrected chi connectivity index (χ0v) is 16.4. The van der Waals surface area contributed by atoms with Crippen molar-refractivity contribution in [1.82, 2.24) is 9.88 Å². The molecule has 1 N–H and O–H groups in total. The van der Waals surface area contributed by atoms with Gasteiger partial charge in [-0.1, -0.05) is 42.5 Å². The summed E-state index contributed by atoms with van der Waals surface area (Å²) in [6, 6.07) is 18.9. The van der Waals surface area contributed by atoms with E-state index in [9.17, 15) is 14.7 Å². The highest BCUT2D eigenvalue weighted by Crippen LogP contribution is 2.40. The van der Waals surface area contributed by atoms with Gasteiger partial charge in [0, 0.05) is 24.5 Å². The normalized spacial score (nSPS) is 17.9. The SMILES string of the molecule is COc1cccc(/C(O)=C2/C(=O)C(=O)N(Cc3ccncc3)C2c2ccccc2)c1. The van der Waals surface area contributed by atoms with Gasteiger partial charge < -0.3 is 14.7 Å². The van der Waals surface area contributed by atoms with Crippen LogP contribution < -0.4 is 4.74 Å². The van der Waals surface area contributed by atoms with E-state index in [-0.39, 0.29) is 17.9 Å². The molecule has 0 aliphatic carbocycles. The Hall–Kier alpha value is -3.93. The van der Waals surface area contributed by atoms with E-state index in [1.165, 1.54) is 12.0 Å². The highest BCUT2D eigenvalue weighted by molar-refractivity contribution is 6.46. The number of carbonyl (C=O) groups is 2. The second-order valence-electron chi connectivity index (χ2n) is 6.93. The molecule has 3 aromatic rings. The quantitative estimate of drug-likeness (QED) is 0.401. The molecule has 1 aliphatic heterocycles. The summed E-state index contributed by atoms with van der Waals surface area (Å²) in [6.07, 6.45) is 3.28. The van der Waals surface area contributed by atoms with Crippen LogP contribution in [0.5, 0.6) is 5.75 Å². The van der Waals surface area contributed by atoms with E-state index in [4.69, 9.17) is 4.74 Å². The highest BCUT2D eigenvalue weighted by Gasteiger charge is 2.46. The second kappa shape index (κ2) is 8.21. The number of aliphatic hydroxyl groups excluding tert-OH is 1. The summed E-state index contributed by atoms with van der Waals surface area (Å²) in [5.41, 5.74) is 2.06. The first-order chi connectivity index (χ1) is 14.6. The molecule has 1 unspecified atom stereocenters. The maximum atomic E-state index is 13.0. The van der Waals surface area contributed by atoms with Crippen LogP contribution in [0.1, 0.15) is 22.7 Å². The van der Waals surface area contributed by atoms with E-state index in [0.29, 0.717) is 11.3 Å². The van der Waals surface area contributed by atoms with Gasteiger partial charge in [-0.3, -0.25) is 14.6 Å². The van der Waals surface area contributed by atoms with Crippen molar-refractivity contribution in [3.63, 3.8) is 0 Å². The summed E-state index contributed by atoms with van der Waals surface area (Å²) in [6.45, 7) is 0.224. The van der Waals surface area contributed by atoms with E-state index in [0.717, 1.165) is 11.1 Å². The van der Waals surface area contributed by atoms with Gasteiger partial charge in [0.1, 0.15) is 11.5 Å². The molecular formula is C24H20N2O4. The Kier molecular flexibility index (Phi) is 5.30. The number of methoxy groups -OCH3 is 1. The minimum absolute atomic E-state index is 0.0634. The summed E-state index contributed by atoms with van der Waals surface area (Å²) in [5, 5.41) is 11.1. The number of hydrogen-bond donors (Lipinski definition) is 1. The molecule has 1 atom stereocenters. The molecule has 30 heavy (non-hydrogen) atoms. The molecule has 150 valence electrons. The molecule has 2 heterocycles. The summed E-state index contributed by atoms with van der Waals surface area (Å²) >= 11 is 0. The predicted octanol–water partition coefficient (Wildman–Crippen LogP) is 3.71. The number of Topliss-reactive ketones (excluding diaryl/α,β-unsaturated/α-hetero) is 1. The molecule has 4 rings (SSSR count). The lowest BCUT2D eigenvalue weighted by Crippen LogP contribution is -2.29. The fourth-order valence-electron chi connectivity index (χ4n) is 3.64. The number of amides is 1. The Labute approximate surface area is 174 Å². The van der Waals surface area contributed by atoms with Crippen LogP contribution in [-0.4, -0.2) is 33.8 Å². The number of benzene rings is 2. The summed E-state index contributed by atoms with van der Waals surface area (Å²) in [4.78, 5) is 31.4. The molecule has 1 aromatic heterocycles. The van der Waals surface area contributed by atoms with Crippen molar-refractivity contribution in [2.24, 2.45) is 0 Å². The molecule has 0 saturated carbocycles. The molecule has 1 amide bonds. The lowest BCUT2D eigenvalue weighted by molar-refractivity contribution is -0.140. The van der Waals surface area contributed by atoms with Crippen LogP contribution in [0.15, 0.2) is 84.7 Å². The lowest BCUT2D eigenvalue weighted by atomic mass is 9.95. The molecule has 1 fully saturated rings. The van der Waals surface area contributed by atoms with Gasteiger partial charge in [0.15, 0.2) is 0 Å². The van der Waals surface area contributed by atoms with Crippen LogP contribution in [0, 0.1) is 0 Å². The van der Waals surface area contributed by atoms with Crippen molar-refractivity contribution >= 4 is 17.4 Å². The van der Waals surface area contributed by atoms with Crippen LogP contribution in [0.3, 0.4) is 0 Å². The first-order valence-electron chi connectivity index (χ1n) is 9.47. The topological polar surface area (TPSA) is 79.7 Å². The number of carbonyl (C=O) groups excluding carboxylic acids is 2. The van der Waals surface area contributed by atoms with Gasteiger partial charge in [-0.2, -0.15) is 0 Å². The summed E-state index contributed by atoms with van der Waals surface area (Å²) in [7, 11) is 1.52. The third-order valence-corrected chi connectivity index (χ3v) is 5.10. The third-order valence-electron chi connectivity index (χ3n) is 5.10. The number of rotatable bonds is 5. The van der Waals surface area contributed by atoms with Gasteiger partial charge in [0.25, 0.3) is 11.7 Å². The molecular weight excluding hydrogens is 380 g/mol. The Morgan fingerprint density at radius 2 is 1.77 bits per heavy atom. The fraction of sp³-hybridized carbons (Fsp3) is 0.125. The molecule has 2 aromatic carbocycles. The van der Waals surface area contributed by atoms with Crippen molar-refractivity contribution in [2.75, 3.05) is 7.11 Å². The minimum atomic E-state index is -0.710.